The van der Waals surface area contributed by atoms with E-state index >= 15 is 0 Å². The van der Waals surface area contributed by atoms with E-state index in [1.54, 1.807) is 0 Å². The van der Waals surface area contributed by atoms with Gasteiger partial charge in [0, 0.05) is 18.2 Å². The van der Waals surface area contributed by atoms with Crippen molar-refractivity contribution in [3.05, 3.63) is 33.9 Å². The maximum absolute atomic E-state index is 13.6. The highest BCUT2D eigenvalue weighted by atomic mass is 19.1. The van der Waals surface area contributed by atoms with Gasteiger partial charge in [0.25, 0.3) is 0 Å². The molecule has 0 unspecified atom stereocenters. The van der Waals surface area contributed by atoms with Gasteiger partial charge >= 0.3 is 5.69 Å². The average Bonchev–Trinajstić information content (AvgIpc) is 2.60. The molecule has 0 spiro atoms. The zero-order valence-electron chi connectivity index (χ0n) is 10.5. The summed E-state index contributed by atoms with van der Waals surface area (Å²) in [6.07, 6.45) is 6.24. The molecule has 0 heterocycles. The van der Waals surface area contributed by atoms with Crippen molar-refractivity contribution >= 4 is 11.4 Å². The van der Waals surface area contributed by atoms with Crippen LogP contribution in [0.1, 0.15) is 38.5 Å². The van der Waals surface area contributed by atoms with Crippen LogP contribution in [0.25, 0.3) is 0 Å². The molecule has 1 aromatic rings. The van der Waals surface area contributed by atoms with Crippen LogP contribution >= 0.6 is 0 Å². The minimum absolute atomic E-state index is 0.0139. The summed E-state index contributed by atoms with van der Waals surface area (Å²) in [6.45, 7) is 0. The molecule has 1 N–H and O–H groups in total. The molecule has 1 aliphatic carbocycles. The van der Waals surface area contributed by atoms with E-state index in [0.29, 0.717) is 6.07 Å². The van der Waals surface area contributed by atoms with Gasteiger partial charge in [-0.15, -0.1) is 0 Å². The third-order valence-corrected chi connectivity index (χ3v) is 3.45. The van der Waals surface area contributed by atoms with E-state index in [-0.39, 0.29) is 11.7 Å². The second-order valence-corrected chi connectivity index (χ2v) is 4.87. The topological polar surface area (TPSA) is 55.2 Å². The van der Waals surface area contributed by atoms with Gasteiger partial charge in [-0.3, -0.25) is 10.1 Å². The molecule has 0 amide bonds. The molecule has 19 heavy (non-hydrogen) atoms. The first-order valence-electron chi connectivity index (χ1n) is 6.48. The zero-order valence-corrected chi connectivity index (χ0v) is 10.5. The van der Waals surface area contributed by atoms with E-state index in [9.17, 15) is 18.9 Å². The Kier molecular flexibility index (Phi) is 4.29. The second-order valence-electron chi connectivity index (χ2n) is 4.87. The fourth-order valence-electron chi connectivity index (χ4n) is 2.43. The summed E-state index contributed by atoms with van der Waals surface area (Å²) in [7, 11) is 0. The van der Waals surface area contributed by atoms with Crippen molar-refractivity contribution < 1.29 is 13.7 Å². The molecule has 0 atom stereocenters. The van der Waals surface area contributed by atoms with Gasteiger partial charge in [-0.1, -0.05) is 25.7 Å². The van der Waals surface area contributed by atoms with Crippen LogP contribution in [0.2, 0.25) is 0 Å². The van der Waals surface area contributed by atoms with Gasteiger partial charge in [-0.2, -0.15) is 4.39 Å². The molecule has 2 rings (SSSR count). The maximum Gasteiger partial charge on any atom is 0.307 e. The summed E-state index contributed by atoms with van der Waals surface area (Å²) < 4.78 is 26.8. The molecule has 0 aliphatic heterocycles. The summed E-state index contributed by atoms with van der Waals surface area (Å²) in [6, 6.07) is 1.61. The summed E-state index contributed by atoms with van der Waals surface area (Å²) >= 11 is 0. The Morgan fingerprint density at radius 2 is 1.74 bits per heavy atom. The average molecular weight is 270 g/mol. The van der Waals surface area contributed by atoms with E-state index in [4.69, 9.17) is 0 Å². The number of benzene rings is 1. The predicted octanol–water partition coefficient (Wildman–Crippen LogP) is 4.01. The van der Waals surface area contributed by atoms with E-state index in [0.717, 1.165) is 44.6 Å². The number of hydrogen-bond donors (Lipinski definition) is 1. The van der Waals surface area contributed by atoms with Crippen LogP contribution in [0.3, 0.4) is 0 Å². The first kappa shape index (κ1) is 13.7. The van der Waals surface area contributed by atoms with Crippen LogP contribution in [0.15, 0.2) is 12.1 Å². The van der Waals surface area contributed by atoms with Crippen molar-refractivity contribution in [3.63, 3.8) is 0 Å². The van der Waals surface area contributed by atoms with Crippen molar-refractivity contribution in [1.82, 2.24) is 0 Å². The summed E-state index contributed by atoms with van der Waals surface area (Å²) in [5.41, 5.74) is -0.683. The molecule has 1 aromatic carbocycles. The minimum atomic E-state index is -1.14. The quantitative estimate of drug-likeness (QED) is 0.513. The van der Waals surface area contributed by atoms with Crippen LogP contribution in [0, 0.1) is 21.7 Å². The second kappa shape index (κ2) is 5.95. The molecule has 104 valence electrons. The Hall–Kier alpha value is -1.72. The first-order chi connectivity index (χ1) is 9.08. The van der Waals surface area contributed by atoms with Crippen molar-refractivity contribution in [2.24, 2.45) is 0 Å². The molecule has 1 saturated carbocycles. The van der Waals surface area contributed by atoms with Gasteiger partial charge < -0.3 is 5.32 Å². The monoisotopic (exact) mass is 270 g/mol. The van der Waals surface area contributed by atoms with Crippen molar-refractivity contribution in [1.29, 1.82) is 0 Å². The number of nitro groups is 1. The lowest BCUT2D eigenvalue weighted by Gasteiger charge is -2.18. The van der Waals surface area contributed by atoms with Gasteiger partial charge in [0.05, 0.1) is 10.6 Å². The highest BCUT2D eigenvalue weighted by Gasteiger charge is 2.20. The Morgan fingerprint density at radius 3 is 2.32 bits per heavy atom. The first-order valence-corrected chi connectivity index (χ1v) is 6.48. The molecule has 1 fully saturated rings. The molecule has 1 aliphatic rings. The minimum Gasteiger partial charge on any atom is -0.380 e. The lowest BCUT2D eigenvalue weighted by Crippen LogP contribution is -2.19. The Morgan fingerprint density at radius 1 is 1.11 bits per heavy atom. The van der Waals surface area contributed by atoms with Crippen LogP contribution in [0.4, 0.5) is 20.2 Å². The summed E-state index contributed by atoms with van der Waals surface area (Å²) in [4.78, 5) is 9.81. The Balaban J connectivity index is 2.19. The van der Waals surface area contributed by atoms with E-state index < -0.39 is 22.2 Å². The molecule has 0 bridgehead atoms. The third-order valence-electron chi connectivity index (χ3n) is 3.45. The largest absolute Gasteiger partial charge is 0.380 e. The number of nitro benzene ring substituents is 1. The fraction of sp³-hybridized carbons (Fsp3) is 0.538. The highest BCUT2D eigenvalue weighted by Crippen LogP contribution is 2.28. The molecule has 0 saturated heterocycles. The van der Waals surface area contributed by atoms with Gasteiger partial charge in [0.2, 0.25) is 5.82 Å². The third kappa shape index (κ3) is 3.39. The summed E-state index contributed by atoms with van der Waals surface area (Å²) in [5, 5.41) is 13.6. The van der Waals surface area contributed by atoms with Gasteiger partial charge in [-0.05, 0) is 12.8 Å². The number of nitrogens with zero attached hydrogens (tertiary/aromatic N) is 1. The lowest BCUT2D eigenvalue weighted by molar-refractivity contribution is -0.387. The van der Waals surface area contributed by atoms with Crippen molar-refractivity contribution in [3.8, 4) is 0 Å². The SMILES string of the molecule is O=[N+]([O-])c1cc(NC2CCCCCC2)c(F)cc1F. The molecular weight excluding hydrogens is 254 g/mol. The molecular formula is C13H16F2N2O2. The zero-order chi connectivity index (χ0) is 13.8. The van der Waals surface area contributed by atoms with Crippen LogP contribution in [0.5, 0.6) is 0 Å². The van der Waals surface area contributed by atoms with Crippen LogP contribution < -0.4 is 5.32 Å². The van der Waals surface area contributed by atoms with Crippen molar-refractivity contribution in [2.75, 3.05) is 5.32 Å². The number of anilines is 1. The lowest BCUT2D eigenvalue weighted by atomic mass is 10.1. The maximum atomic E-state index is 13.6. The number of nitrogens with one attached hydrogen (secondary N) is 1. The van der Waals surface area contributed by atoms with E-state index in [2.05, 4.69) is 5.32 Å². The number of halogens is 2. The fourth-order valence-corrected chi connectivity index (χ4v) is 2.43. The van der Waals surface area contributed by atoms with Gasteiger partial charge in [-0.25, -0.2) is 4.39 Å². The Bertz CT molecular complexity index is 472. The van der Waals surface area contributed by atoms with E-state index in [1.165, 1.54) is 0 Å². The van der Waals surface area contributed by atoms with Gasteiger partial charge in [0.15, 0.2) is 0 Å². The standard InChI is InChI=1S/C13H16F2N2O2/c14-10-7-11(15)13(17(18)19)8-12(10)16-9-5-3-1-2-4-6-9/h7-9,16H,1-6H2. The van der Waals surface area contributed by atoms with E-state index in [1.807, 2.05) is 0 Å². The highest BCUT2D eigenvalue weighted by molar-refractivity contribution is 5.53. The van der Waals surface area contributed by atoms with Crippen molar-refractivity contribution in [2.45, 2.75) is 44.6 Å². The van der Waals surface area contributed by atoms with Crippen LogP contribution in [-0.4, -0.2) is 11.0 Å². The molecule has 6 heteroatoms. The molecule has 4 nitrogen and oxygen atoms in total. The predicted molar refractivity (Wildman–Crippen MR) is 68.1 cm³/mol. The molecule has 0 radical (unpaired) electrons. The number of rotatable bonds is 3. The smallest absolute Gasteiger partial charge is 0.307 e. The van der Waals surface area contributed by atoms with Gasteiger partial charge in [0.1, 0.15) is 5.82 Å². The number of hydrogen-bond acceptors (Lipinski definition) is 3. The van der Waals surface area contributed by atoms with Crippen LogP contribution in [-0.2, 0) is 0 Å². The Labute approximate surface area is 110 Å². The summed E-state index contributed by atoms with van der Waals surface area (Å²) in [5.74, 6) is -1.93. The normalized spacial score (nSPS) is 16.9. The molecule has 0 aromatic heterocycles.